The van der Waals surface area contributed by atoms with Crippen LogP contribution in [0.5, 0.6) is 0 Å². The summed E-state index contributed by atoms with van der Waals surface area (Å²) in [6, 6.07) is 16.6. The van der Waals surface area contributed by atoms with Gasteiger partial charge in [-0.2, -0.15) is 0 Å². The Bertz CT molecular complexity index is 756. The molecule has 1 saturated heterocycles. The molecule has 0 bridgehead atoms. The topological polar surface area (TPSA) is 49.6 Å². The first-order chi connectivity index (χ1) is 13.0. The Morgan fingerprint density at radius 2 is 1.82 bits per heavy atom. The van der Waals surface area contributed by atoms with E-state index < -0.39 is 0 Å². The molecule has 1 heterocycles. The van der Waals surface area contributed by atoms with Crippen molar-refractivity contribution in [2.24, 2.45) is 5.73 Å². The molecular formula is C22H29ClFN3O. The number of likely N-dealkylation sites (N-methyl/N-ethyl adjacent to an activating group) is 1. The van der Waals surface area contributed by atoms with Gasteiger partial charge >= 0.3 is 0 Å². The highest BCUT2D eigenvalue weighted by Gasteiger charge is 2.33. The summed E-state index contributed by atoms with van der Waals surface area (Å²) >= 11 is 0. The van der Waals surface area contributed by atoms with E-state index in [9.17, 15) is 9.18 Å². The van der Waals surface area contributed by atoms with E-state index in [0.717, 1.165) is 12.1 Å². The number of carbonyl (C=O) groups is 1. The number of hydrogen-bond donors (Lipinski definition) is 1. The molecule has 0 spiro atoms. The number of halogens is 2. The molecule has 0 saturated carbocycles. The first-order valence-electron chi connectivity index (χ1n) is 9.57. The molecule has 28 heavy (non-hydrogen) atoms. The van der Waals surface area contributed by atoms with Crippen LogP contribution in [0.25, 0.3) is 0 Å². The van der Waals surface area contributed by atoms with E-state index in [1.54, 1.807) is 12.1 Å². The van der Waals surface area contributed by atoms with Crippen molar-refractivity contribution in [2.75, 3.05) is 26.2 Å². The van der Waals surface area contributed by atoms with Crippen LogP contribution < -0.4 is 5.73 Å². The van der Waals surface area contributed by atoms with Crippen LogP contribution in [0.3, 0.4) is 0 Å². The minimum atomic E-state index is -0.265. The van der Waals surface area contributed by atoms with Gasteiger partial charge in [-0.1, -0.05) is 42.5 Å². The smallest absolute Gasteiger partial charge is 0.237 e. The Balaban J connectivity index is 0.00000280. The molecule has 3 rings (SSSR count). The quantitative estimate of drug-likeness (QED) is 0.799. The fraction of sp³-hybridized carbons (Fsp3) is 0.409. The zero-order valence-electron chi connectivity index (χ0n) is 16.4. The van der Waals surface area contributed by atoms with Crippen LogP contribution in [0.4, 0.5) is 4.39 Å². The molecule has 4 nitrogen and oxygen atoms in total. The Morgan fingerprint density at radius 3 is 2.43 bits per heavy atom. The van der Waals surface area contributed by atoms with Crippen molar-refractivity contribution in [3.63, 3.8) is 0 Å². The highest BCUT2D eigenvalue weighted by molar-refractivity contribution is 5.85. The van der Waals surface area contributed by atoms with Crippen molar-refractivity contribution in [3.8, 4) is 0 Å². The van der Waals surface area contributed by atoms with E-state index in [2.05, 4.69) is 17.0 Å². The first-order valence-corrected chi connectivity index (χ1v) is 9.57. The Morgan fingerprint density at radius 1 is 1.18 bits per heavy atom. The number of nitrogens with zero attached hydrogens (tertiary/aromatic N) is 2. The van der Waals surface area contributed by atoms with E-state index in [1.807, 2.05) is 36.9 Å². The molecule has 1 unspecified atom stereocenters. The molecule has 0 aromatic heterocycles. The number of likely N-dealkylation sites (tertiary alicyclic amines) is 1. The van der Waals surface area contributed by atoms with E-state index >= 15 is 0 Å². The van der Waals surface area contributed by atoms with Crippen LogP contribution in [0.1, 0.15) is 36.9 Å². The summed E-state index contributed by atoms with van der Waals surface area (Å²) in [6.07, 6.45) is 0. The van der Waals surface area contributed by atoms with E-state index in [-0.39, 0.29) is 42.1 Å². The molecule has 1 aliphatic heterocycles. The van der Waals surface area contributed by atoms with Gasteiger partial charge < -0.3 is 10.6 Å². The second kappa shape index (κ2) is 10.0. The van der Waals surface area contributed by atoms with Gasteiger partial charge in [0.2, 0.25) is 5.91 Å². The Hall–Kier alpha value is -1.95. The van der Waals surface area contributed by atoms with Gasteiger partial charge in [0.05, 0.1) is 12.6 Å². The molecule has 0 aliphatic carbocycles. The van der Waals surface area contributed by atoms with Gasteiger partial charge in [-0.25, -0.2) is 4.39 Å². The third-order valence-corrected chi connectivity index (χ3v) is 5.51. The fourth-order valence-corrected chi connectivity index (χ4v) is 3.96. The lowest BCUT2D eigenvalue weighted by atomic mass is 9.95. The molecule has 152 valence electrons. The van der Waals surface area contributed by atoms with Crippen molar-refractivity contribution < 1.29 is 9.18 Å². The summed E-state index contributed by atoms with van der Waals surface area (Å²) in [5.41, 5.74) is 8.51. The number of carbonyl (C=O) groups excluding carboxylic acids is 1. The molecule has 1 amide bonds. The van der Waals surface area contributed by atoms with Crippen LogP contribution >= 0.6 is 12.4 Å². The summed E-state index contributed by atoms with van der Waals surface area (Å²) in [6.45, 7) is 6.43. The van der Waals surface area contributed by atoms with Crippen LogP contribution in [-0.4, -0.2) is 47.9 Å². The first kappa shape index (κ1) is 22.3. The predicted molar refractivity (Wildman–Crippen MR) is 113 cm³/mol. The third kappa shape index (κ3) is 5.10. The number of nitrogens with two attached hydrogens (primary N) is 1. The second-order valence-corrected chi connectivity index (χ2v) is 7.28. The molecule has 1 aliphatic rings. The molecule has 3 atom stereocenters. The van der Waals surface area contributed by atoms with Crippen LogP contribution in [0.15, 0.2) is 54.6 Å². The normalized spacial score (nSPS) is 20.4. The van der Waals surface area contributed by atoms with Crippen molar-refractivity contribution >= 4 is 18.3 Å². The van der Waals surface area contributed by atoms with Gasteiger partial charge in [0, 0.05) is 31.6 Å². The summed E-state index contributed by atoms with van der Waals surface area (Å²) < 4.78 is 13.2. The molecule has 0 radical (unpaired) electrons. The zero-order valence-corrected chi connectivity index (χ0v) is 17.2. The maximum absolute atomic E-state index is 13.2. The van der Waals surface area contributed by atoms with Gasteiger partial charge in [0.15, 0.2) is 0 Å². The SMILES string of the molecule is CCN(C(=O)CN1C[C@@H](N)[C@H](c2ccccc2)C1)C(C)c1ccc(F)cc1.Cl. The average Bonchev–Trinajstić information content (AvgIpc) is 3.03. The van der Waals surface area contributed by atoms with E-state index in [1.165, 1.54) is 17.7 Å². The highest BCUT2D eigenvalue weighted by atomic mass is 35.5. The lowest BCUT2D eigenvalue weighted by molar-refractivity contribution is -0.134. The third-order valence-electron chi connectivity index (χ3n) is 5.51. The summed E-state index contributed by atoms with van der Waals surface area (Å²) in [5.74, 6) is 0.0668. The lowest BCUT2D eigenvalue weighted by Crippen LogP contribution is -2.41. The summed E-state index contributed by atoms with van der Waals surface area (Å²) in [4.78, 5) is 16.9. The van der Waals surface area contributed by atoms with E-state index in [0.29, 0.717) is 19.6 Å². The van der Waals surface area contributed by atoms with Crippen LogP contribution in [0, 0.1) is 5.82 Å². The van der Waals surface area contributed by atoms with Gasteiger partial charge in [-0.3, -0.25) is 9.69 Å². The molecular weight excluding hydrogens is 377 g/mol. The summed E-state index contributed by atoms with van der Waals surface area (Å²) in [5, 5.41) is 0. The number of benzene rings is 2. The van der Waals surface area contributed by atoms with Gasteiger partial charge in [-0.15, -0.1) is 12.4 Å². The average molecular weight is 406 g/mol. The molecule has 2 aromatic rings. The van der Waals surface area contributed by atoms with Gasteiger partial charge in [-0.05, 0) is 37.1 Å². The van der Waals surface area contributed by atoms with Crippen LogP contribution in [0.2, 0.25) is 0 Å². The molecule has 2 N–H and O–H groups in total. The standard InChI is InChI=1S/C22H28FN3O.ClH/c1-3-26(16(2)17-9-11-19(23)12-10-17)22(27)15-25-13-20(21(24)14-25)18-7-5-4-6-8-18;/h4-12,16,20-21H,3,13-15,24H2,1-2H3;1H/t16?,20-,21+;/m0./s1. The van der Waals surface area contributed by atoms with Crippen molar-refractivity contribution in [2.45, 2.75) is 31.8 Å². The fourth-order valence-electron chi connectivity index (χ4n) is 3.96. The van der Waals surface area contributed by atoms with Crippen molar-refractivity contribution in [1.29, 1.82) is 0 Å². The molecule has 2 aromatic carbocycles. The Kier molecular flexibility index (Phi) is 7.98. The molecule has 1 fully saturated rings. The van der Waals surface area contributed by atoms with Crippen molar-refractivity contribution in [3.05, 3.63) is 71.5 Å². The van der Waals surface area contributed by atoms with Gasteiger partial charge in [0.1, 0.15) is 5.82 Å². The van der Waals surface area contributed by atoms with Crippen LogP contribution in [-0.2, 0) is 4.79 Å². The zero-order chi connectivity index (χ0) is 19.4. The predicted octanol–water partition coefficient (Wildman–Crippen LogP) is 3.58. The largest absolute Gasteiger partial charge is 0.335 e. The maximum Gasteiger partial charge on any atom is 0.237 e. The minimum Gasteiger partial charge on any atom is -0.335 e. The maximum atomic E-state index is 13.2. The Labute approximate surface area is 172 Å². The second-order valence-electron chi connectivity index (χ2n) is 7.28. The summed E-state index contributed by atoms with van der Waals surface area (Å²) in [7, 11) is 0. The number of hydrogen-bond acceptors (Lipinski definition) is 3. The number of rotatable bonds is 6. The number of amides is 1. The van der Waals surface area contributed by atoms with E-state index in [4.69, 9.17) is 5.73 Å². The lowest BCUT2D eigenvalue weighted by Gasteiger charge is -2.30. The highest BCUT2D eigenvalue weighted by Crippen LogP contribution is 2.27. The van der Waals surface area contributed by atoms with Gasteiger partial charge in [0.25, 0.3) is 0 Å². The van der Waals surface area contributed by atoms with Crippen molar-refractivity contribution in [1.82, 2.24) is 9.80 Å². The monoisotopic (exact) mass is 405 g/mol. The minimum absolute atomic E-state index is 0. The molecule has 6 heteroatoms.